The van der Waals surface area contributed by atoms with Gasteiger partial charge in [0.25, 0.3) is 0 Å². The molecule has 3 heterocycles. The highest BCUT2D eigenvalue weighted by Crippen LogP contribution is 2.28. The van der Waals surface area contributed by atoms with Crippen molar-refractivity contribution >= 4 is 16.9 Å². The van der Waals surface area contributed by atoms with Crippen molar-refractivity contribution in [2.45, 2.75) is 45.6 Å². The second-order valence-electron chi connectivity index (χ2n) is 7.22. The summed E-state index contributed by atoms with van der Waals surface area (Å²) < 4.78 is 1.89. The average Bonchev–Trinajstić information content (AvgIpc) is 3.27. The van der Waals surface area contributed by atoms with Gasteiger partial charge in [-0.15, -0.1) is 0 Å². The lowest BCUT2D eigenvalue weighted by molar-refractivity contribution is -0.132. The highest BCUT2D eigenvalue weighted by Gasteiger charge is 2.26. The number of amides is 1. The van der Waals surface area contributed by atoms with Gasteiger partial charge in [0.1, 0.15) is 5.82 Å². The van der Waals surface area contributed by atoms with E-state index in [9.17, 15) is 4.79 Å². The van der Waals surface area contributed by atoms with Crippen molar-refractivity contribution in [3.63, 3.8) is 0 Å². The molecule has 0 unspecified atom stereocenters. The molecule has 1 amide bonds. The standard InChI is InChI=1S/C20H25N5O/c1-14-5-3-7-17-19(14)23-20(22-17)16-6-4-11-24(13-16)18(26)9-12-25-15(2)8-10-21-25/h3,5,7-8,10,16H,4,6,9,11-13H2,1-2H3,(H,22,23)/t16-/m1/s1. The number of H-pyrrole nitrogens is 1. The molecule has 1 aliphatic heterocycles. The number of carbonyl (C=O) groups excluding carboxylic acids is 1. The maximum Gasteiger partial charge on any atom is 0.224 e. The number of para-hydroxylation sites is 1. The van der Waals surface area contributed by atoms with Crippen molar-refractivity contribution in [1.82, 2.24) is 24.6 Å². The Kier molecular flexibility index (Phi) is 4.49. The molecule has 1 fully saturated rings. The summed E-state index contributed by atoms with van der Waals surface area (Å²) in [6, 6.07) is 8.16. The number of benzene rings is 1. The highest BCUT2D eigenvalue weighted by atomic mass is 16.2. The van der Waals surface area contributed by atoms with Gasteiger partial charge in [-0.3, -0.25) is 9.48 Å². The van der Waals surface area contributed by atoms with Crippen LogP contribution in [0.1, 0.15) is 42.3 Å². The van der Waals surface area contributed by atoms with Crippen LogP contribution in [0.3, 0.4) is 0 Å². The van der Waals surface area contributed by atoms with E-state index < -0.39 is 0 Å². The first-order valence-electron chi connectivity index (χ1n) is 9.33. The van der Waals surface area contributed by atoms with Crippen molar-refractivity contribution in [3.8, 4) is 0 Å². The lowest BCUT2D eigenvalue weighted by Gasteiger charge is -2.32. The SMILES string of the molecule is Cc1cccc2[nH]c([C@@H]3CCCN(C(=O)CCn4nccc4C)C3)nc12. The first-order valence-corrected chi connectivity index (χ1v) is 9.33. The molecule has 6 heteroatoms. The van der Waals surface area contributed by atoms with Crippen molar-refractivity contribution in [2.24, 2.45) is 0 Å². The van der Waals surface area contributed by atoms with Crippen LogP contribution in [-0.2, 0) is 11.3 Å². The minimum Gasteiger partial charge on any atom is -0.342 e. The molecule has 1 aromatic carbocycles. The number of aromatic amines is 1. The summed E-state index contributed by atoms with van der Waals surface area (Å²) >= 11 is 0. The number of aromatic nitrogens is 4. The number of hydrogen-bond acceptors (Lipinski definition) is 3. The molecular formula is C20H25N5O. The van der Waals surface area contributed by atoms with E-state index in [-0.39, 0.29) is 11.8 Å². The van der Waals surface area contributed by atoms with E-state index in [4.69, 9.17) is 4.98 Å². The maximum atomic E-state index is 12.7. The van der Waals surface area contributed by atoms with Gasteiger partial charge in [-0.05, 0) is 44.4 Å². The molecule has 136 valence electrons. The van der Waals surface area contributed by atoms with Crippen molar-refractivity contribution in [1.29, 1.82) is 0 Å². The fraction of sp³-hybridized carbons (Fsp3) is 0.450. The van der Waals surface area contributed by atoms with Crippen LogP contribution >= 0.6 is 0 Å². The average molecular weight is 351 g/mol. The molecule has 0 spiro atoms. The number of carbonyl (C=O) groups is 1. The zero-order valence-corrected chi connectivity index (χ0v) is 15.4. The summed E-state index contributed by atoms with van der Waals surface area (Å²) in [5, 5.41) is 4.26. The van der Waals surface area contributed by atoms with Gasteiger partial charge in [0.05, 0.1) is 11.0 Å². The number of likely N-dealkylation sites (tertiary alicyclic amines) is 1. The van der Waals surface area contributed by atoms with Gasteiger partial charge in [0, 0.05) is 43.9 Å². The fourth-order valence-electron chi connectivity index (χ4n) is 3.81. The van der Waals surface area contributed by atoms with Gasteiger partial charge in [-0.2, -0.15) is 5.10 Å². The summed E-state index contributed by atoms with van der Waals surface area (Å²) in [7, 11) is 0. The molecular weight excluding hydrogens is 326 g/mol. The van der Waals surface area contributed by atoms with Crippen LogP contribution in [0, 0.1) is 13.8 Å². The Morgan fingerprint density at radius 3 is 2.96 bits per heavy atom. The molecule has 1 atom stereocenters. The number of nitrogens with zero attached hydrogens (tertiary/aromatic N) is 4. The van der Waals surface area contributed by atoms with Gasteiger partial charge in [0.15, 0.2) is 0 Å². The second kappa shape index (κ2) is 6.94. The molecule has 2 aromatic heterocycles. The van der Waals surface area contributed by atoms with Crippen LogP contribution in [-0.4, -0.2) is 43.6 Å². The topological polar surface area (TPSA) is 66.8 Å². The van der Waals surface area contributed by atoms with Crippen molar-refractivity contribution < 1.29 is 4.79 Å². The molecule has 3 aromatic rings. The molecule has 1 N–H and O–H groups in total. The third-order valence-corrected chi connectivity index (χ3v) is 5.36. The van der Waals surface area contributed by atoms with Crippen LogP contribution in [0.5, 0.6) is 0 Å². The van der Waals surface area contributed by atoms with Gasteiger partial charge in [0.2, 0.25) is 5.91 Å². The molecule has 0 saturated carbocycles. The Hall–Kier alpha value is -2.63. The zero-order chi connectivity index (χ0) is 18.1. The van der Waals surface area contributed by atoms with E-state index in [1.165, 1.54) is 5.56 Å². The minimum atomic E-state index is 0.205. The monoisotopic (exact) mass is 351 g/mol. The van der Waals surface area contributed by atoms with E-state index in [2.05, 4.69) is 29.1 Å². The summed E-state index contributed by atoms with van der Waals surface area (Å²) in [4.78, 5) is 22.9. The van der Waals surface area contributed by atoms with Crippen molar-refractivity contribution in [3.05, 3.63) is 47.5 Å². The van der Waals surface area contributed by atoms with E-state index >= 15 is 0 Å². The normalized spacial score (nSPS) is 17.8. The summed E-state index contributed by atoms with van der Waals surface area (Å²) in [6.07, 6.45) is 4.36. The number of piperidine rings is 1. The Morgan fingerprint density at radius 1 is 1.31 bits per heavy atom. The Bertz CT molecular complexity index is 925. The van der Waals surface area contributed by atoms with Crippen LogP contribution in [0.2, 0.25) is 0 Å². The van der Waals surface area contributed by atoms with E-state index in [1.807, 2.05) is 28.6 Å². The molecule has 6 nitrogen and oxygen atoms in total. The predicted octanol–water partition coefficient (Wildman–Crippen LogP) is 3.17. The van der Waals surface area contributed by atoms with Crippen molar-refractivity contribution in [2.75, 3.05) is 13.1 Å². The van der Waals surface area contributed by atoms with Gasteiger partial charge in [-0.1, -0.05) is 12.1 Å². The molecule has 1 saturated heterocycles. The minimum absolute atomic E-state index is 0.205. The number of imidazole rings is 1. The molecule has 0 bridgehead atoms. The summed E-state index contributed by atoms with van der Waals surface area (Å²) in [5.74, 6) is 1.50. The zero-order valence-electron chi connectivity index (χ0n) is 15.4. The molecule has 1 aliphatic rings. The maximum absolute atomic E-state index is 12.7. The third-order valence-electron chi connectivity index (χ3n) is 5.36. The Labute approximate surface area is 153 Å². The molecule has 4 rings (SSSR count). The lowest BCUT2D eigenvalue weighted by Crippen LogP contribution is -2.39. The first kappa shape index (κ1) is 16.8. The Morgan fingerprint density at radius 2 is 2.19 bits per heavy atom. The summed E-state index contributed by atoms with van der Waals surface area (Å²) in [6.45, 7) is 6.32. The quantitative estimate of drug-likeness (QED) is 0.785. The Balaban J connectivity index is 1.44. The van der Waals surface area contributed by atoms with Crippen LogP contribution < -0.4 is 0 Å². The number of hydrogen-bond donors (Lipinski definition) is 1. The van der Waals surface area contributed by atoms with Gasteiger partial charge >= 0.3 is 0 Å². The van der Waals surface area contributed by atoms with E-state index in [0.717, 1.165) is 48.5 Å². The lowest BCUT2D eigenvalue weighted by atomic mass is 9.97. The van der Waals surface area contributed by atoms with Crippen LogP contribution in [0.4, 0.5) is 0 Å². The van der Waals surface area contributed by atoms with Crippen LogP contribution in [0.15, 0.2) is 30.5 Å². The third kappa shape index (κ3) is 3.23. The van der Waals surface area contributed by atoms with Gasteiger partial charge < -0.3 is 9.88 Å². The largest absolute Gasteiger partial charge is 0.342 e. The smallest absolute Gasteiger partial charge is 0.224 e. The highest BCUT2D eigenvalue weighted by molar-refractivity contribution is 5.79. The summed E-state index contributed by atoms with van der Waals surface area (Å²) in [5.41, 5.74) is 4.40. The van der Waals surface area contributed by atoms with Crippen LogP contribution in [0.25, 0.3) is 11.0 Å². The van der Waals surface area contributed by atoms with E-state index in [0.29, 0.717) is 13.0 Å². The molecule has 0 radical (unpaired) electrons. The first-order chi connectivity index (χ1) is 12.6. The van der Waals surface area contributed by atoms with Gasteiger partial charge in [-0.25, -0.2) is 4.98 Å². The molecule has 0 aliphatic carbocycles. The second-order valence-corrected chi connectivity index (χ2v) is 7.22. The predicted molar refractivity (Wildman–Crippen MR) is 101 cm³/mol. The number of rotatable bonds is 4. The number of nitrogens with one attached hydrogen (secondary N) is 1. The van der Waals surface area contributed by atoms with E-state index in [1.54, 1.807) is 6.20 Å². The number of fused-ring (bicyclic) bond motifs is 1. The molecule has 26 heavy (non-hydrogen) atoms. The number of aryl methyl sites for hydroxylation is 3. The fourth-order valence-corrected chi connectivity index (χ4v) is 3.81.